The summed E-state index contributed by atoms with van der Waals surface area (Å²) in [5.41, 5.74) is 5.23. The summed E-state index contributed by atoms with van der Waals surface area (Å²) in [7, 11) is 0. The van der Waals surface area contributed by atoms with Gasteiger partial charge >= 0.3 is 0 Å². The zero-order valence-corrected chi connectivity index (χ0v) is 12.6. The van der Waals surface area contributed by atoms with Gasteiger partial charge in [-0.1, -0.05) is 26.8 Å². The highest BCUT2D eigenvalue weighted by molar-refractivity contribution is 5.92. The summed E-state index contributed by atoms with van der Waals surface area (Å²) in [4.78, 5) is 10.5. The zero-order chi connectivity index (χ0) is 14.1. The fourth-order valence-electron chi connectivity index (χ4n) is 3.05. The lowest BCUT2D eigenvalue weighted by Crippen LogP contribution is -2.28. The second-order valence-electron chi connectivity index (χ2n) is 5.84. The van der Waals surface area contributed by atoms with E-state index in [0.29, 0.717) is 5.92 Å². The van der Waals surface area contributed by atoms with Crippen molar-refractivity contribution in [2.24, 2.45) is 0 Å². The predicted octanol–water partition coefficient (Wildman–Crippen LogP) is 3.80. The first kappa shape index (κ1) is 13.4. The summed E-state index contributed by atoms with van der Waals surface area (Å²) in [5, 5.41) is 1.27. The van der Waals surface area contributed by atoms with Crippen LogP contribution < -0.4 is 0 Å². The zero-order valence-electron chi connectivity index (χ0n) is 12.6. The number of nitrogens with zero attached hydrogens (tertiary/aromatic N) is 2. The van der Waals surface area contributed by atoms with Crippen LogP contribution in [0.25, 0.3) is 16.6 Å². The number of hydrogen-bond donors (Lipinski definition) is 1. The van der Waals surface area contributed by atoms with Crippen molar-refractivity contribution < 1.29 is 0 Å². The molecule has 0 radical (unpaired) electrons. The fraction of sp³-hybridized carbons (Fsp3) is 0.471. The first-order chi connectivity index (χ1) is 9.70. The maximum absolute atomic E-state index is 4.48. The molecule has 3 heteroatoms. The van der Waals surface area contributed by atoms with Crippen molar-refractivity contribution in [3.63, 3.8) is 0 Å². The molecule has 1 aliphatic rings. The van der Waals surface area contributed by atoms with E-state index in [1.165, 1.54) is 22.2 Å². The normalized spacial score (nSPS) is 16.9. The van der Waals surface area contributed by atoms with Gasteiger partial charge in [-0.25, -0.2) is 4.98 Å². The predicted molar refractivity (Wildman–Crippen MR) is 84.9 cm³/mol. The lowest BCUT2D eigenvalue weighted by molar-refractivity contribution is 0.319. The number of aromatic nitrogens is 2. The Labute approximate surface area is 120 Å². The molecule has 20 heavy (non-hydrogen) atoms. The van der Waals surface area contributed by atoms with Gasteiger partial charge in [-0.05, 0) is 36.6 Å². The van der Waals surface area contributed by atoms with E-state index in [0.717, 1.165) is 31.7 Å². The third-order valence-electron chi connectivity index (χ3n) is 4.24. The van der Waals surface area contributed by atoms with E-state index in [-0.39, 0.29) is 0 Å². The molecular weight excluding hydrogens is 246 g/mol. The monoisotopic (exact) mass is 269 g/mol. The van der Waals surface area contributed by atoms with Crippen LogP contribution in [0.3, 0.4) is 0 Å². The maximum Gasteiger partial charge on any atom is 0.138 e. The second-order valence-corrected chi connectivity index (χ2v) is 5.84. The molecular formula is C17H23N3. The highest BCUT2D eigenvalue weighted by Gasteiger charge is 2.20. The summed E-state index contributed by atoms with van der Waals surface area (Å²) in [5.74, 6) is 0.490. The summed E-state index contributed by atoms with van der Waals surface area (Å²) in [6.07, 6.45) is 5.39. The summed E-state index contributed by atoms with van der Waals surface area (Å²) in [6.45, 7) is 10.1. The Morgan fingerprint density at radius 3 is 2.90 bits per heavy atom. The van der Waals surface area contributed by atoms with Crippen LogP contribution in [-0.2, 0) is 0 Å². The van der Waals surface area contributed by atoms with E-state index in [1.807, 2.05) is 12.3 Å². The van der Waals surface area contributed by atoms with Crippen molar-refractivity contribution in [3.8, 4) is 0 Å². The van der Waals surface area contributed by atoms with Gasteiger partial charge in [0.25, 0.3) is 0 Å². The summed E-state index contributed by atoms with van der Waals surface area (Å²) >= 11 is 0. The van der Waals surface area contributed by atoms with Crippen molar-refractivity contribution in [2.45, 2.75) is 33.1 Å². The molecule has 0 aromatic carbocycles. The van der Waals surface area contributed by atoms with Crippen LogP contribution >= 0.6 is 0 Å². The lowest BCUT2D eigenvalue weighted by Gasteiger charge is -2.25. The molecule has 0 saturated carbocycles. The van der Waals surface area contributed by atoms with E-state index in [2.05, 4.69) is 47.8 Å². The molecule has 2 aromatic rings. The van der Waals surface area contributed by atoms with Gasteiger partial charge in [-0.2, -0.15) is 0 Å². The van der Waals surface area contributed by atoms with Crippen molar-refractivity contribution in [2.75, 3.05) is 19.6 Å². The van der Waals surface area contributed by atoms with E-state index in [9.17, 15) is 0 Å². The molecule has 1 aliphatic heterocycles. The minimum Gasteiger partial charge on any atom is -0.342 e. The minimum atomic E-state index is 0.490. The summed E-state index contributed by atoms with van der Waals surface area (Å²) in [6, 6.07) is 4.22. The topological polar surface area (TPSA) is 31.9 Å². The Balaban J connectivity index is 2.10. The Morgan fingerprint density at radius 2 is 2.25 bits per heavy atom. The molecule has 0 bridgehead atoms. The van der Waals surface area contributed by atoms with Crippen molar-refractivity contribution >= 4 is 16.6 Å². The molecule has 1 N–H and O–H groups in total. The SMILES string of the molecule is CCN1CC=C(c2c(C(C)C)[nH]c3ncccc23)CC1. The Hall–Kier alpha value is -1.61. The van der Waals surface area contributed by atoms with Gasteiger partial charge in [0.15, 0.2) is 0 Å². The summed E-state index contributed by atoms with van der Waals surface area (Å²) < 4.78 is 0. The van der Waals surface area contributed by atoms with Crippen LogP contribution in [0.2, 0.25) is 0 Å². The van der Waals surface area contributed by atoms with Gasteiger partial charge in [-0.3, -0.25) is 4.90 Å². The average molecular weight is 269 g/mol. The molecule has 0 fully saturated rings. The number of nitrogens with one attached hydrogen (secondary N) is 1. The molecule has 0 saturated heterocycles. The molecule has 0 atom stereocenters. The number of aromatic amines is 1. The number of rotatable bonds is 3. The molecule has 0 spiro atoms. The van der Waals surface area contributed by atoms with Crippen LogP contribution in [0.1, 0.15) is 44.4 Å². The van der Waals surface area contributed by atoms with E-state index < -0.39 is 0 Å². The van der Waals surface area contributed by atoms with Crippen LogP contribution in [0, 0.1) is 0 Å². The molecule has 2 aromatic heterocycles. The van der Waals surface area contributed by atoms with Gasteiger partial charge in [0.1, 0.15) is 5.65 Å². The lowest BCUT2D eigenvalue weighted by atomic mass is 9.93. The van der Waals surface area contributed by atoms with Gasteiger partial charge < -0.3 is 4.98 Å². The quantitative estimate of drug-likeness (QED) is 0.919. The number of likely N-dealkylation sites (N-methyl/N-ethyl adjacent to an activating group) is 1. The molecule has 0 aliphatic carbocycles. The maximum atomic E-state index is 4.48. The smallest absolute Gasteiger partial charge is 0.138 e. The van der Waals surface area contributed by atoms with E-state index in [4.69, 9.17) is 0 Å². The largest absolute Gasteiger partial charge is 0.342 e. The first-order valence-corrected chi connectivity index (χ1v) is 7.59. The molecule has 106 valence electrons. The number of hydrogen-bond acceptors (Lipinski definition) is 2. The van der Waals surface area contributed by atoms with Crippen LogP contribution in [0.4, 0.5) is 0 Å². The second kappa shape index (κ2) is 5.41. The van der Waals surface area contributed by atoms with Gasteiger partial charge in [0.2, 0.25) is 0 Å². The Morgan fingerprint density at radius 1 is 1.40 bits per heavy atom. The van der Waals surface area contributed by atoms with Crippen LogP contribution in [-0.4, -0.2) is 34.5 Å². The van der Waals surface area contributed by atoms with Crippen LogP contribution in [0.5, 0.6) is 0 Å². The van der Waals surface area contributed by atoms with Crippen molar-refractivity contribution in [1.29, 1.82) is 0 Å². The molecule has 3 rings (SSSR count). The van der Waals surface area contributed by atoms with Gasteiger partial charge in [-0.15, -0.1) is 0 Å². The number of fused-ring (bicyclic) bond motifs is 1. The van der Waals surface area contributed by atoms with Crippen molar-refractivity contribution in [1.82, 2.24) is 14.9 Å². The molecule has 0 amide bonds. The Bertz CT molecular complexity index is 637. The van der Waals surface area contributed by atoms with Gasteiger partial charge in [0, 0.05) is 35.9 Å². The number of H-pyrrole nitrogens is 1. The third-order valence-corrected chi connectivity index (χ3v) is 4.24. The highest BCUT2D eigenvalue weighted by Crippen LogP contribution is 2.34. The highest BCUT2D eigenvalue weighted by atomic mass is 15.1. The van der Waals surface area contributed by atoms with Crippen LogP contribution in [0.15, 0.2) is 24.4 Å². The molecule has 3 nitrogen and oxygen atoms in total. The number of pyridine rings is 1. The van der Waals surface area contributed by atoms with Crippen molar-refractivity contribution in [3.05, 3.63) is 35.7 Å². The first-order valence-electron chi connectivity index (χ1n) is 7.59. The standard InChI is InChI=1S/C17H23N3/c1-4-20-10-7-13(8-11-20)15-14-6-5-9-18-17(14)19-16(15)12(2)3/h5-7,9,12H,4,8,10-11H2,1-3H3,(H,18,19). The fourth-order valence-corrected chi connectivity index (χ4v) is 3.05. The Kier molecular flexibility index (Phi) is 3.62. The molecule has 3 heterocycles. The third kappa shape index (κ3) is 2.27. The minimum absolute atomic E-state index is 0.490. The van der Waals surface area contributed by atoms with Gasteiger partial charge in [0.05, 0.1) is 0 Å². The van der Waals surface area contributed by atoms with E-state index in [1.54, 1.807) is 0 Å². The average Bonchev–Trinajstić information content (AvgIpc) is 2.87. The molecule has 0 unspecified atom stereocenters. The van der Waals surface area contributed by atoms with E-state index >= 15 is 0 Å².